The van der Waals surface area contributed by atoms with E-state index in [4.69, 9.17) is 15.0 Å². The zero-order valence-electron chi connectivity index (χ0n) is 10.2. The fraction of sp³-hybridized carbons (Fsp3) is 0.143. The van der Waals surface area contributed by atoms with Crippen LogP contribution in [0.15, 0.2) is 47.1 Å². The van der Waals surface area contributed by atoms with Crippen LogP contribution >= 0.6 is 0 Å². The van der Waals surface area contributed by atoms with E-state index in [9.17, 15) is 0 Å². The molecule has 0 aliphatic carbocycles. The highest BCUT2D eigenvalue weighted by Gasteiger charge is 2.04. The van der Waals surface area contributed by atoms with Crippen molar-refractivity contribution in [1.82, 2.24) is 10.1 Å². The minimum atomic E-state index is 0.325. The second kappa shape index (κ2) is 5.07. The predicted octanol–water partition coefficient (Wildman–Crippen LogP) is 2.26. The van der Waals surface area contributed by atoms with Crippen LogP contribution in [0.2, 0.25) is 0 Å². The number of fused-ring (bicyclic) bond motifs is 1. The van der Waals surface area contributed by atoms with Crippen LogP contribution in [0.1, 0.15) is 11.5 Å². The smallest absolute Gasteiger partial charge is 0.174 e. The van der Waals surface area contributed by atoms with E-state index >= 15 is 0 Å². The van der Waals surface area contributed by atoms with Gasteiger partial charge in [0, 0.05) is 30.3 Å². The molecule has 5 nitrogen and oxygen atoms in total. The molecular formula is C14H13N3O2. The lowest BCUT2D eigenvalue weighted by Crippen LogP contribution is -1.96. The second-order valence-electron chi connectivity index (χ2n) is 4.14. The minimum Gasteiger partial charge on any atom is -0.485 e. The SMILES string of the molecule is NCc1cc(COc2ccc3cccnc3c2)on1. The van der Waals surface area contributed by atoms with Crippen LogP contribution < -0.4 is 10.5 Å². The number of nitrogens with two attached hydrogens (primary N) is 1. The first kappa shape index (κ1) is 11.7. The molecule has 3 aromatic rings. The van der Waals surface area contributed by atoms with Crippen molar-refractivity contribution < 1.29 is 9.26 Å². The topological polar surface area (TPSA) is 74.2 Å². The number of ether oxygens (including phenoxy) is 1. The first-order chi connectivity index (χ1) is 9.35. The number of aromatic nitrogens is 2. The summed E-state index contributed by atoms with van der Waals surface area (Å²) in [5, 5.41) is 4.89. The summed E-state index contributed by atoms with van der Waals surface area (Å²) < 4.78 is 10.7. The number of hydrogen-bond acceptors (Lipinski definition) is 5. The van der Waals surface area contributed by atoms with Gasteiger partial charge in [-0.05, 0) is 18.2 Å². The first-order valence-corrected chi connectivity index (χ1v) is 5.97. The third-order valence-corrected chi connectivity index (χ3v) is 2.78. The van der Waals surface area contributed by atoms with Gasteiger partial charge in [-0.2, -0.15) is 0 Å². The molecule has 2 N–H and O–H groups in total. The summed E-state index contributed by atoms with van der Waals surface area (Å²) in [5.41, 5.74) is 7.09. The Morgan fingerprint density at radius 3 is 3.00 bits per heavy atom. The van der Waals surface area contributed by atoms with Crippen molar-refractivity contribution in [2.75, 3.05) is 0 Å². The van der Waals surface area contributed by atoms with Crippen LogP contribution in [0.4, 0.5) is 0 Å². The van der Waals surface area contributed by atoms with Gasteiger partial charge >= 0.3 is 0 Å². The molecule has 0 aliphatic rings. The molecule has 0 atom stereocenters. The fourth-order valence-electron chi connectivity index (χ4n) is 1.81. The lowest BCUT2D eigenvalue weighted by atomic mass is 10.2. The average molecular weight is 255 g/mol. The molecule has 0 amide bonds. The Kier molecular flexibility index (Phi) is 3.12. The lowest BCUT2D eigenvalue weighted by molar-refractivity contribution is 0.249. The number of pyridine rings is 1. The third-order valence-electron chi connectivity index (χ3n) is 2.78. The number of benzene rings is 1. The Morgan fingerprint density at radius 1 is 1.21 bits per heavy atom. The molecule has 2 heterocycles. The Hall–Kier alpha value is -2.40. The Bertz CT molecular complexity index is 694. The Balaban J connectivity index is 1.74. The molecule has 0 spiro atoms. The summed E-state index contributed by atoms with van der Waals surface area (Å²) >= 11 is 0. The summed E-state index contributed by atoms with van der Waals surface area (Å²) in [7, 11) is 0. The van der Waals surface area contributed by atoms with Gasteiger partial charge in [-0.3, -0.25) is 4.98 Å². The average Bonchev–Trinajstić information content (AvgIpc) is 2.93. The zero-order chi connectivity index (χ0) is 13.1. The van der Waals surface area contributed by atoms with Crippen LogP contribution in [-0.2, 0) is 13.2 Å². The van der Waals surface area contributed by atoms with Crippen LogP contribution in [0.3, 0.4) is 0 Å². The van der Waals surface area contributed by atoms with Crippen molar-refractivity contribution in [3.05, 3.63) is 54.0 Å². The van der Waals surface area contributed by atoms with Gasteiger partial charge in [0.15, 0.2) is 5.76 Å². The fourth-order valence-corrected chi connectivity index (χ4v) is 1.81. The summed E-state index contributed by atoms with van der Waals surface area (Å²) in [6.45, 7) is 0.689. The maximum Gasteiger partial charge on any atom is 0.174 e. The largest absolute Gasteiger partial charge is 0.485 e. The molecule has 3 rings (SSSR count). The van der Waals surface area contributed by atoms with E-state index in [0.717, 1.165) is 22.3 Å². The lowest BCUT2D eigenvalue weighted by Gasteiger charge is -2.04. The van der Waals surface area contributed by atoms with Gasteiger partial charge < -0.3 is 15.0 Å². The molecule has 0 fully saturated rings. The van der Waals surface area contributed by atoms with E-state index in [1.165, 1.54) is 0 Å². The molecule has 19 heavy (non-hydrogen) atoms. The van der Waals surface area contributed by atoms with Crippen molar-refractivity contribution in [2.45, 2.75) is 13.2 Å². The van der Waals surface area contributed by atoms with Gasteiger partial charge in [-0.1, -0.05) is 11.2 Å². The molecule has 0 radical (unpaired) electrons. The molecule has 96 valence electrons. The molecule has 0 bridgehead atoms. The van der Waals surface area contributed by atoms with E-state index in [1.807, 2.05) is 30.3 Å². The summed E-state index contributed by atoms with van der Waals surface area (Å²) in [4.78, 5) is 4.28. The second-order valence-corrected chi connectivity index (χ2v) is 4.14. The van der Waals surface area contributed by atoms with Crippen LogP contribution in [0.5, 0.6) is 5.75 Å². The van der Waals surface area contributed by atoms with Gasteiger partial charge in [0.25, 0.3) is 0 Å². The van der Waals surface area contributed by atoms with Crippen molar-refractivity contribution in [3.8, 4) is 5.75 Å². The van der Waals surface area contributed by atoms with Gasteiger partial charge in [0.1, 0.15) is 12.4 Å². The van der Waals surface area contributed by atoms with Crippen LogP contribution in [0.25, 0.3) is 10.9 Å². The highest BCUT2D eigenvalue weighted by molar-refractivity contribution is 5.79. The van der Waals surface area contributed by atoms with Gasteiger partial charge in [0.05, 0.1) is 11.2 Å². The van der Waals surface area contributed by atoms with E-state index in [-0.39, 0.29) is 0 Å². The Morgan fingerprint density at radius 2 is 2.16 bits per heavy atom. The predicted molar refractivity (Wildman–Crippen MR) is 70.5 cm³/mol. The van der Waals surface area contributed by atoms with Crippen LogP contribution in [0, 0.1) is 0 Å². The summed E-state index contributed by atoms with van der Waals surface area (Å²) in [5.74, 6) is 1.40. The molecule has 0 saturated carbocycles. The molecule has 0 aliphatic heterocycles. The van der Waals surface area contributed by atoms with Crippen molar-refractivity contribution in [3.63, 3.8) is 0 Å². The van der Waals surface area contributed by atoms with E-state index < -0.39 is 0 Å². The summed E-state index contributed by atoms with van der Waals surface area (Å²) in [6.07, 6.45) is 1.76. The molecule has 2 aromatic heterocycles. The van der Waals surface area contributed by atoms with Crippen molar-refractivity contribution >= 4 is 10.9 Å². The first-order valence-electron chi connectivity index (χ1n) is 5.97. The standard InChI is InChI=1S/C14H13N3O2/c15-8-11-6-13(19-17-11)9-18-12-4-3-10-2-1-5-16-14(10)7-12/h1-7H,8-9,15H2. The monoisotopic (exact) mass is 255 g/mol. The highest BCUT2D eigenvalue weighted by Crippen LogP contribution is 2.19. The number of nitrogens with zero attached hydrogens (tertiary/aromatic N) is 2. The maximum absolute atomic E-state index is 5.64. The zero-order valence-corrected chi connectivity index (χ0v) is 10.2. The van der Waals surface area contributed by atoms with Crippen molar-refractivity contribution in [2.24, 2.45) is 5.73 Å². The van der Waals surface area contributed by atoms with Crippen LogP contribution in [-0.4, -0.2) is 10.1 Å². The highest BCUT2D eigenvalue weighted by atomic mass is 16.5. The van der Waals surface area contributed by atoms with E-state index in [2.05, 4.69) is 10.1 Å². The minimum absolute atomic E-state index is 0.325. The van der Waals surface area contributed by atoms with E-state index in [1.54, 1.807) is 12.3 Å². The molecule has 1 aromatic carbocycles. The van der Waals surface area contributed by atoms with Gasteiger partial charge in [-0.15, -0.1) is 0 Å². The number of hydrogen-bond donors (Lipinski definition) is 1. The molecule has 0 saturated heterocycles. The van der Waals surface area contributed by atoms with Gasteiger partial charge in [-0.25, -0.2) is 0 Å². The summed E-state index contributed by atoms with van der Waals surface area (Å²) in [6, 6.07) is 11.5. The molecule has 5 heteroatoms. The van der Waals surface area contributed by atoms with Gasteiger partial charge in [0.2, 0.25) is 0 Å². The normalized spacial score (nSPS) is 10.8. The van der Waals surface area contributed by atoms with E-state index in [0.29, 0.717) is 18.9 Å². The number of rotatable bonds is 4. The quantitative estimate of drug-likeness (QED) is 0.774. The third kappa shape index (κ3) is 2.56. The van der Waals surface area contributed by atoms with Crippen molar-refractivity contribution in [1.29, 1.82) is 0 Å². The Labute approximate surface area is 110 Å². The molecular weight excluding hydrogens is 242 g/mol. The molecule has 0 unspecified atom stereocenters. The maximum atomic E-state index is 5.64.